The summed E-state index contributed by atoms with van der Waals surface area (Å²) in [6.07, 6.45) is 0.977. The molecule has 0 spiro atoms. The Morgan fingerprint density at radius 2 is 2.09 bits per heavy atom. The van der Waals surface area contributed by atoms with E-state index in [1.807, 2.05) is 6.92 Å². The molecule has 2 aromatic rings. The molecule has 10 heteroatoms. The number of amides is 2. The molecule has 0 saturated carbocycles. The van der Waals surface area contributed by atoms with Crippen molar-refractivity contribution in [2.45, 2.75) is 44.1 Å². The highest BCUT2D eigenvalue weighted by Gasteiger charge is 2.36. The second-order valence-electron chi connectivity index (χ2n) is 8.54. The molecule has 0 aliphatic carbocycles. The highest BCUT2D eigenvalue weighted by atomic mass is 32.2. The summed E-state index contributed by atoms with van der Waals surface area (Å²) in [5, 5.41) is 5.64. The number of piperidine rings is 1. The van der Waals surface area contributed by atoms with Gasteiger partial charge in [0.1, 0.15) is 11.5 Å². The highest BCUT2D eigenvalue weighted by Crippen LogP contribution is 2.36. The Balaban J connectivity index is 1.53. The third kappa shape index (κ3) is 4.74. The largest absolute Gasteiger partial charge is 0.497 e. The number of carbonyl (C=O) groups is 2. The number of ether oxygens (including phenoxy) is 2. The van der Waals surface area contributed by atoms with Crippen LogP contribution in [-0.2, 0) is 19.6 Å². The third-order valence-electron chi connectivity index (χ3n) is 6.18. The van der Waals surface area contributed by atoms with Crippen molar-refractivity contribution in [3.05, 3.63) is 42.0 Å². The van der Waals surface area contributed by atoms with Gasteiger partial charge in [0.2, 0.25) is 15.9 Å². The highest BCUT2D eigenvalue weighted by molar-refractivity contribution is 7.89. The van der Waals surface area contributed by atoms with Crippen LogP contribution in [-0.4, -0.2) is 50.8 Å². The fourth-order valence-corrected chi connectivity index (χ4v) is 6.04. The van der Waals surface area contributed by atoms with E-state index < -0.39 is 22.0 Å². The van der Waals surface area contributed by atoms with Crippen LogP contribution in [0.2, 0.25) is 0 Å². The lowest BCUT2D eigenvalue weighted by molar-refractivity contribution is -0.123. The van der Waals surface area contributed by atoms with Gasteiger partial charge >= 0.3 is 0 Å². The van der Waals surface area contributed by atoms with E-state index in [1.165, 1.54) is 10.4 Å². The van der Waals surface area contributed by atoms with E-state index in [1.54, 1.807) is 44.4 Å². The first-order chi connectivity index (χ1) is 16.2. The molecule has 2 aromatic carbocycles. The molecular formula is C24H29N3O6S. The van der Waals surface area contributed by atoms with Crippen molar-refractivity contribution in [3.8, 4) is 11.5 Å². The minimum absolute atomic E-state index is 0.0871. The van der Waals surface area contributed by atoms with Crippen LogP contribution in [0.3, 0.4) is 0 Å². The van der Waals surface area contributed by atoms with E-state index in [0.717, 1.165) is 0 Å². The summed E-state index contributed by atoms with van der Waals surface area (Å²) in [6.45, 7) is 3.93. The van der Waals surface area contributed by atoms with Crippen LogP contribution in [0.4, 0.5) is 11.4 Å². The Labute approximate surface area is 199 Å². The number of fused-ring (bicyclic) bond motifs is 1. The molecule has 0 unspecified atom stereocenters. The maximum atomic E-state index is 13.6. The Bertz CT molecular complexity index is 1210. The van der Waals surface area contributed by atoms with Gasteiger partial charge in [-0.3, -0.25) is 9.59 Å². The predicted molar refractivity (Wildman–Crippen MR) is 128 cm³/mol. The minimum atomic E-state index is -3.87. The topological polar surface area (TPSA) is 114 Å². The zero-order valence-electron chi connectivity index (χ0n) is 19.5. The van der Waals surface area contributed by atoms with Crippen molar-refractivity contribution in [1.29, 1.82) is 0 Å². The van der Waals surface area contributed by atoms with Crippen LogP contribution < -0.4 is 20.1 Å². The van der Waals surface area contributed by atoms with Gasteiger partial charge in [0.15, 0.2) is 6.10 Å². The molecule has 4 rings (SSSR count). The molecule has 182 valence electrons. The van der Waals surface area contributed by atoms with Crippen molar-refractivity contribution in [1.82, 2.24) is 4.31 Å². The summed E-state index contributed by atoms with van der Waals surface area (Å²) in [6, 6.07) is 10.1. The third-order valence-corrected chi connectivity index (χ3v) is 8.18. The van der Waals surface area contributed by atoms with Crippen LogP contribution in [0, 0.1) is 12.8 Å². The van der Waals surface area contributed by atoms with Gasteiger partial charge in [-0.1, -0.05) is 13.0 Å². The second kappa shape index (κ2) is 9.63. The fraction of sp³-hybridized carbons (Fsp3) is 0.417. The van der Waals surface area contributed by atoms with E-state index in [0.29, 0.717) is 54.2 Å². The predicted octanol–water partition coefficient (Wildman–Crippen LogP) is 3.15. The quantitative estimate of drug-likeness (QED) is 0.647. The van der Waals surface area contributed by atoms with Crippen LogP contribution >= 0.6 is 0 Å². The summed E-state index contributed by atoms with van der Waals surface area (Å²) in [7, 11) is -2.32. The zero-order valence-corrected chi connectivity index (χ0v) is 20.3. The van der Waals surface area contributed by atoms with Crippen molar-refractivity contribution in [2.24, 2.45) is 5.92 Å². The van der Waals surface area contributed by atoms with Crippen LogP contribution in [0.25, 0.3) is 0 Å². The first kappa shape index (κ1) is 24.0. The standard InChI is InChI=1S/C24H29N3O6S/c1-4-20-24(29)26-19-11-15(2)22(13-21(19)33-20)34(30,31)27-10-6-7-16(14-27)23(28)25-17-8-5-9-18(12-17)32-3/h5,8-9,11-13,16,20H,4,6-7,10,14H2,1-3H3,(H,25,28)(H,26,29)/t16-,20+/m0/s1. The Hall–Kier alpha value is -3.11. The number of sulfonamides is 1. The molecule has 9 nitrogen and oxygen atoms in total. The van der Waals surface area contributed by atoms with Crippen molar-refractivity contribution in [2.75, 3.05) is 30.8 Å². The zero-order chi connectivity index (χ0) is 24.5. The summed E-state index contributed by atoms with van der Waals surface area (Å²) >= 11 is 0. The smallest absolute Gasteiger partial charge is 0.265 e. The Morgan fingerprint density at radius 1 is 1.29 bits per heavy atom. The lowest BCUT2D eigenvalue weighted by Gasteiger charge is -2.32. The molecule has 2 N–H and O–H groups in total. The summed E-state index contributed by atoms with van der Waals surface area (Å²) in [5.74, 6) is 0.00273. The molecule has 2 aliphatic heterocycles. The van der Waals surface area contributed by atoms with E-state index in [-0.39, 0.29) is 23.3 Å². The molecule has 1 saturated heterocycles. The molecule has 2 atom stereocenters. The maximum absolute atomic E-state index is 13.6. The molecule has 2 aliphatic rings. The minimum Gasteiger partial charge on any atom is -0.497 e. The first-order valence-corrected chi connectivity index (χ1v) is 12.7. The van der Waals surface area contributed by atoms with Gasteiger partial charge in [0.25, 0.3) is 5.91 Å². The Morgan fingerprint density at radius 3 is 2.82 bits per heavy atom. The summed E-state index contributed by atoms with van der Waals surface area (Å²) in [5.41, 5.74) is 1.56. The normalized spacial score (nSPS) is 20.6. The number of benzene rings is 2. The number of rotatable bonds is 6. The van der Waals surface area contributed by atoms with Gasteiger partial charge < -0.3 is 20.1 Å². The van der Waals surface area contributed by atoms with Gasteiger partial charge in [-0.25, -0.2) is 8.42 Å². The van der Waals surface area contributed by atoms with Gasteiger partial charge in [-0.2, -0.15) is 4.31 Å². The van der Waals surface area contributed by atoms with E-state index >= 15 is 0 Å². The molecule has 0 aromatic heterocycles. The van der Waals surface area contributed by atoms with Crippen molar-refractivity contribution < 1.29 is 27.5 Å². The molecule has 34 heavy (non-hydrogen) atoms. The number of methoxy groups -OCH3 is 1. The average Bonchev–Trinajstić information content (AvgIpc) is 2.83. The number of nitrogens with zero attached hydrogens (tertiary/aromatic N) is 1. The number of hydrogen-bond donors (Lipinski definition) is 2. The number of hydrogen-bond acceptors (Lipinski definition) is 6. The van der Waals surface area contributed by atoms with E-state index in [2.05, 4.69) is 10.6 Å². The second-order valence-corrected chi connectivity index (χ2v) is 10.4. The summed E-state index contributed by atoms with van der Waals surface area (Å²) in [4.78, 5) is 25.1. The van der Waals surface area contributed by atoms with Crippen molar-refractivity contribution in [3.63, 3.8) is 0 Å². The van der Waals surface area contributed by atoms with E-state index in [4.69, 9.17) is 9.47 Å². The van der Waals surface area contributed by atoms with Crippen molar-refractivity contribution >= 4 is 33.2 Å². The Kier molecular flexibility index (Phi) is 6.81. The SMILES string of the molecule is CC[C@H]1Oc2cc(S(=O)(=O)N3CCC[C@H](C(=O)Nc4cccc(OC)c4)C3)c(C)cc2NC1=O. The first-order valence-electron chi connectivity index (χ1n) is 11.3. The molecule has 0 radical (unpaired) electrons. The maximum Gasteiger partial charge on any atom is 0.265 e. The van der Waals surface area contributed by atoms with Gasteiger partial charge in [-0.15, -0.1) is 0 Å². The summed E-state index contributed by atoms with van der Waals surface area (Å²) < 4.78 is 39.4. The number of carbonyl (C=O) groups excluding carboxylic acids is 2. The monoisotopic (exact) mass is 487 g/mol. The molecule has 2 heterocycles. The van der Waals surface area contributed by atoms with Gasteiger partial charge in [0, 0.05) is 30.9 Å². The molecular weight excluding hydrogens is 458 g/mol. The fourth-order valence-electron chi connectivity index (χ4n) is 4.29. The van der Waals surface area contributed by atoms with E-state index in [9.17, 15) is 18.0 Å². The van der Waals surface area contributed by atoms with Crippen LogP contribution in [0.5, 0.6) is 11.5 Å². The van der Waals surface area contributed by atoms with Crippen LogP contribution in [0.1, 0.15) is 31.7 Å². The number of anilines is 2. The van der Waals surface area contributed by atoms with Gasteiger partial charge in [0.05, 0.1) is 23.6 Å². The molecule has 1 fully saturated rings. The number of aryl methyl sites for hydroxylation is 1. The average molecular weight is 488 g/mol. The lowest BCUT2D eigenvalue weighted by Crippen LogP contribution is -2.44. The van der Waals surface area contributed by atoms with Crippen LogP contribution in [0.15, 0.2) is 41.3 Å². The molecule has 0 bridgehead atoms. The lowest BCUT2D eigenvalue weighted by atomic mass is 9.98. The van der Waals surface area contributed by atoms with Gasteiger partial charge in [-0.05, 0) is 49.9 Å². The molecule has 2 amide bonds. The number of nitrogens with one attached hydrogen (secondary N) is 2.